The Hall–Kier alpha value is -0.920. The van der Waals surface area contributed by atoms with E-state index in [4.69, 9.17) is 5.73 Å². The van der Waals surface area contributed by atoms with Gasteiger partial charge in [-0.3, -0.25) is 0 Å². The van der Waals surface area contributed by atoms with Crippen molar-refractivity contribution in [3.8, 4) is 0 Å². The molecule has 0 radical (unpaired) electrons. The molecular weight excluding hydrogens is 206 g/mol. The van der Waals surface area contributed by atoms with Crippen molar-refractivity contribution in [3.63, 3.8) is 0 Å². The summed E-state index contributed by atoms with van der Waals surface area (Å²) in [6, 6.07) is 1.60. The highest BCUT2D eigenvalue weighted by Crippen LogP contribution is 1.95. The summed E-state index contributed by atoms with van der Waals surface area (Å²) in [5.41, 5.74) is 5.76. The molecular formula is C7H13N3O3S. The topological polar surface area (TPSA) is 98.2 Å². The van der Waals surface area contributed by atoms with E-state index in [1.165, 1.54) is 6.26 Å². The first-order chi connectivity index (χ1) is 6.64. The van der Waals surface area contributed by atoms with E-state index in [2.05, 4.69) is 14.4 Å². The van der Waals surface area contributed by atoms with Gasteiger partial charge in [-0.1, -0.05) is 5.16 Å². The predicted octanol–water partition coefficient (Wildman–Crippen LogP) is -0.557. The molecule has 6 nitrogen and oxygen atoms in total. The van der Waals surface area contributed by atoms with Crippen molar-refractivity contribution >= 4 is 10.0 Å². The summed E-state index contributed by atoms with van der Waals surface area (Å²) in [5.74, 6) is 0.0430. The first-order valence-electron chi connectivity index (χ1n) is 4.21. The van der Waals surface area contributed by atoms with Crippen molar-refractivity contribution in [2.24, 2.45) is 5.73 Å². The minimum Gasteiger partial charge on any atom is -0.364 e. The molecule has 80 valence electrons. The highest BCUT2D eigenvalue weighted by Gasteiger charge is 2.09. The van der Waals surface area contributed by atoms with Gasteiger partial charge >= 0.3 is 0 Å². The zero-order valence-corrected chi connectivity index (χ0v) is 8.46. The molecule has 0 saturated carbocycles. The lowest BCUT2D eigenvalue weighted by atomic mass is 10.5. The lowest BCUT2D eigenvalue weighted by Gasteiger charge is -2.03. The summed E-state index contributed by atoms with van der Waals surface area (Å²) in [5, 5.41) is 3.57. The molecule has 1 aromatic heterocycles. The summed E-state index contributed by atoms with van der Waals surface area (Å²) in [4.78, 5) is 0. The van der Waals surface area contributed by atoms with Crippen molar-refractivity contribution in [3.05, 3.63) is 18.0 Å². The Labute approximate surface area is 82.5 Å². The Bertz CT molecular complexity index is 346. The first kappa shape index (κ1) is 11.2. The van der Waals surface area contributed by atoms with Crippen molar-refractivity contribution in [2.75, 3.05) is 12.3 Å². The molecule has 0 amide bonds. The summed E-state index contributed by atoms with van der Waals surface area (Å²) in [6.07, 6.45) is 1.84. The Morgan fingerprint density at radius 1 is 1.57 bits per heavy atom. The zero-order chi connectivity index (χ0) is 10.4. The van der Waals surface area contributed by atoms with Crippen LogP contribution in [0.3, 0.4) is 0 Å². The fourth-order valence-electron chi connectivity index (χ4n) is 0.858. The van der Waals surface area contributed by atoms with E-state index in [0.717, 1.165) is 0 Å². The average molecular weight is 219 g/mol. The van der Waals surface area contributed by atoms with E-state index in [-0.39, 0.29) is 12.3 Å². The maximum Gasteiger partial charge on any atom is 0.212 e. The van der Waals surface area contributed by atoms with Crippen LogP contribution in [0.4, 0.5) is 0 Å². The van der Waals surface area contributed by atoms with Gasteiger partial charge in [0.1, 0.15) is 6.26 Å². The maximum atomic E-state index is 11.3. The Balaban J connectivity index is 2.37. The Kier molecular flexibility index (Phi) is 4.05. The quantitative estimate of drug-likeness (QED) is 0.668. The first-order valence-corrected chi connectivity index (χ1v) is 5.86. The van der Waals surface area contributed by atoms with Crippen LogP contribution in [0.5, 0.6) is 0 Å². The van der Waals surface area contributed by atoms with E-state index in [0.29, 0.717) is 18.7 Å². The molecule has 0 fully saturated rings. The minimum absolute atomic E-state index is 0.0430. The van der Waals surface area contributed by atoms with Gasteiger partial charge in [0.15, 0.2) is 0 Å². The van der Waals surface area contributed by atoms with Crippen LogP contribution in [0.15, 0.2) is 16.9 Å². The van der Waals surface area contributed by atoms with Crippen LogP contribution in [-0.4, -0.2) is 25.9 Å². The monoisotopic (exact) mass is 219 g/mol. The fraction of sp³-hybridized carbons (Fsp3) is 0.571. The Morgan fingerprint density at radius 2 is 2.36 bits per heavy atom. The third-order valence-electron chi connectivity index (χ3n) is 1.58. The highest BCUT2D eigenvalue weighted by atomic mass is 32.2. The number of nitrogens with two attached hydrogens (primary N) is 1. The number of hydrogen-bond donors (Lipinski definition) is 2. The maximum absolute atomic E-state index is 11.3. The normalized spacial score (nSPS) is 11.8. The lowest BCUT2D eigenvalue weighted by Crippen LogP contribution is -2.27. The van der Waals surface area contributed by atoms with Crippen LogP contribution in [0.25, 0.3) is 0 Å². The second-order valence-corrected chi connectivity index (χ2v) is 4.70. The van der Waals surface area contributed by atoms with Gasteiger partial charge in [0.25, 0.3) is 0 Å². The molecule has 7 heteroatoms. The van der Waals surface area contributed by atoms with Gasteiger partial charge in [0, 0.05) is 6.07 Å². The molecule has 0 atom stereocenters. The zero-order valence-electron chi connectivity index (χ0n) is 7.64. The highest BCUT2D eigenvalue weighted by molar-refractivity contribution is 7.89. The van der Waals surface area contributed by atoms with Crippen LogP contribution >= 0.6 is 0 Å². The van der Waals surface area contributed by atoms with Crippen LogP contribution in [0.2, 0.25) is 0 Å². The second kappa shape index (κ2) is 5.08. The molecule has 1 heterocycles. The third kappa shape index (κ3) is 3.86. The van der Waals surface area contributed by atoms with Crippen LogP contribution in [-0.2, 0) is 16.6 Å². The van der Waals surface area contributed by atoms with Gasteiger partial charge < -0.3 is 10.3 Å². The van der Waals surface area contributed by atoms with E-state index in [1.807, 2.05) is 0 Å². The van der Waals surface area contributed by atoms with Crippen molar-refractivity contribution in [1.82, 2.24) is 9.88 Å². The van der Waals surface area contributed by atoms with Gasteiger partial charge in [0.2, 0.25) is 10.0 Å². The SMILES string of the molecule is NCCCS(=O)(=O)NCc1ccon1. The van der Waals surface area contributed by atoms with Crippen molar-refractivity contribution in [1.29, 1.82) is 0 Å². The van der Waals surface area contributed by atoms with Gasteiger partial charge in [0.05, 0.1) is 18.0 Å². The van der Waals surface area contributed by atoms with Gasteiger partial charge in [-0.2, -0.15) is 0 Å². The fourth-order valence-corrected chi connectivity index (χ4v) is 1.92. The predicted molar refractivity (Wildman–Crippen MR) is 50.8 cm³/mol. The standard InChI is InChI=1S/C7H13N3O3S/c8-3-1-5-14(11,12)9-6-7-2-4-13-10-7/h2,4,9H,1,3,5-6,8H2. The molecule has 1 rings (SSSR count). The molecule has 0 saturated heterocycles. The molecule has 1 aromatic rings. The van der Waals surface area contributed by atoms with Gasteiger partial charge in [-0.15, -0.1) is 0 Å². The van der Waals surface area contributed by atoms with Crippen LogP contribution in [0, 0.1) is 0 Å². The third-order valence-corrected chi connectivity index (χ3v) is 2.99. The number of rotatable bonds is 6. The lowest BCUT2D eigenvalue weighted by molar-refractivity contribution is 0.411. The largest absolute Gasteiger partial charge is 0.364 e. The summed E-state index contributed by atoms with van der Waals surface area (Å²) < 4.78 is 29.5. The smallest absolute Gasteiger partial charge is 0.212 e. The molecule has 0 aliphatic rings. The van der Waals surface area contributed by atoms with E-state index in [1.54, 1.807) is 6.07 Å². The number of aromatic nitrogens is 1. The van der Waals surface area contributed by atoms with Gasteiger partial charge in [-0.05, 0) is 13.0 Å². The molecule has 14 heavy (non-hydrogen) atoms. The van der Waals surface area contributed by atoms with Crippen molar-refractivity contribution < 1.29 is 12.9 Å². The molecule has 0 aliphatic heterocycles. The Morgan fingerprint density at radius 3 is 2.93 bits per heavy atom. The van der Waals surface area contributed by atoms with E-state index < -0.39 is 10.0 Å². The summed E-state index contributed by atoms with van der Waals surface area (Å²) in [7, 11) is -3.23. The van der Waals surface area contributed by atoms with Crippen molar-refractivity contribution in [2.45, 2.75) is 13.0 Å². The number of sulfonamides is 1. The minimum atomic E-state index is -3.23. The number of hydrogen-bond acceptors (Lipinski definition) is 5. The molecule has 0 unspecified atom stereocenters. The molecule has 3 N–H and O–H groups in total. The molecule has 0 aliphatic carbocycles. The molecule has 0 bridgehead atoms. The van der Waals surface area contributed by atoms with E-state index in [9.17, 15) is 8.42 Å². The average Bonchev–Trinajstić information content (AvgIpc) is 2.64. The van der Waals surface area contributed by atoms with Crippen LogP contribution < -0.4 is 10.5 Å². The molecule has 0 spiro atoms. The number of nitrogens with one attached hydrogen (secondary N) is 1. The summed E-state index contributed by atoms with van der Waals surface area (Å²) >= 11 is 0. The van der Waals surface area contributed by atoms with Gasteiger partial charge in [-0.25, -0.2) is 13.1 Å². The van der Waals surface area contributed by atoms with Crippen LogP contribution in [0.1, 0.15) is 12.1 Å². The van der Waals surface area contributed by atoms with E-state index >= 15 is 0 Å². The number of nitrogens with zero attached hydrogens (tertiary/aromatic N) is 1. The molecule has 0 aromatic carbocycles. The summed E-state index contributed by atoms with van der Waals surface area (Å²) in [6.45, 7) is 0.522. The second-order valence-electron chi connectivity index (χ2n) is 2.77.